The van der Waals surface area contributed by atoms with Crippen molar-refractivity contribution >= 4 is 11.9 Å². The van der Waals surface area contributed by atoms with Crippen LogP contribution in [0, 0.1) is 6.92 Å². The molecule has 126 valence electrons. The molecule has 23 heavy (non-hydrogen) atoms. The molecule has 1 aliphatic rings. The van der Waals surface area contributed by atoms with E-state index < -0.39 is 12.1 Å². The van der Waals surface area contributed by atoms with Gasteiger partial charge in [0.2, 0.25) is 5.91 Å². The molecule has 0 aromatic heterocycles. The molecule has 1 unspecified atom stereocenters. The fraction of sp³-hybridized carbons (Fsp3) is 0.529. The Morgan fingerprint density at radius 2 is 2.04 bits per heavy atom. The quantitative estimate of drug-likeness (QED) is 0.675. The summed E-state index contributed by atoms with van der Waals surface area (Å²) in [7, 11) is 2.08. The number of carbonyl (C=O) groups excluding carboxylic acids is 2. The molecule has 0 heterocycles. The second-order valence-corrected chi connectivity index (χ2v) is 6.18. The fourth-order valence-electron chi connectivity index (χ4n) is 2.72. The van der Waals surface area contributed by atoms with E-state index in [1.807, 2.05) is 31.2 Å². The van der Waals surface area contributed by atoms with Crippen molar-refractivity contribution in [1.29, 1.82) is 0 Å². The van der Waals surface area contributed by atoms with Crippen molar-refractivity contribution in [2.75, 3.05) is 20.1 Å². The number of aryl methyl sites for hydroxylation is 1. The number of nitrogens with two attached hydrogens (primary N) is 1. The molecule has 1 fully saturated rings. The molecule has 2 rings (SSSR count). The SMILES string of the molecule is Cc1ccccc1C(CC(=O)NCCN(C)C1CC1)NC(N)=O. The highest BCUT2D eigenvalue weighted by molar-refractivity contribution is 5.78. The van der Waals surface area contributed by atoms with Gasteiger partial charge in [0.25, 0.3) is 0 Å². The zero-order chi connectivity index (χ0) is 16.8. The highest BCUT2D eigenvalue weighted by Crippen LogP contribution is 2.24. The summed E-state index contributed by atoms with van der Waals surface area (Å²) >= 11 is 0. The first-order valence-corrected chi connectivity index (χ1v) is 8.06. The van der Waals surface area contributed by atoms with Gasteiger partial charge >= 0.3 is 6.03 Å². The van der Waals surface area contributed by atoms with Gasteiger partial charge in [0, 0.05) is 19.1 Å². The van der Waals surface area contributed by atoms with Crippen LogP contribution in [0.3, 0.4) is 0 Å². The first-order chi connectivity index (χ1) is 11.0. The summed E-state index contributed by atoms with van der Waals surface area (Å²) in [6.07, 6.45) is 2.69. The van der Waals surface area contributed by atoms with E-state index in [0.717, 1.165) is 17.7 Å². The molecule has 1 aromatic carbocycles. The normalized spacial score (nSPS) is 15.3. The van der Waals surface area contributed by atoms with Gasteiger partial charge in [0.05, 0.1) is 12.5 Å². The highest BCUT2D eigenvalue weighted by Gasteiger charge is 2.25. The first kappa shape index (κ1) is 17.3. The molecule has 0 spiro atoms. The molecule has 6 nitrogen and oxygen atoms in total. The molecule has 3 amide bonds. The Labute approximate surface area is 137 Å². The Balaban J connectivity index is 1.87. The Kier molecular flexibility index (Phi) is 5.98. The summed E-state index contributed by atoms with van der Waals surface area (Å²) in [4.78, 5) is 25.7. The number of rotatable bonds is 8. The summed E-state index contributed by atoms with van der Waals surface area (Å²) in [6.45, 7) is 3.41. The van der Waals surface area contributed by atoms with Crippen molar-refractivity contribution < 1.29 is 9.59 Å². The van der Waals surface area contributed by atoms with Crippen molar-refractivity contribution in [2.24, 2.45) is 5.73 Å². The van der Waals surface area contributed by atoms with Crippen LogP contribution in [0.15, 0.2) is 24.3 Å². The van der Waals surface area contributed by atoms with Gasteiger partial charge in [-0.3, -0.25) is 4.79 Å². The van der Waals surface area contributed by atoms with Crippen LogP contribution in [-0.4, -0.2) is 43.0 Å². The molecule has 0 bridgehead atoms. The van der Waals surface area contributed by atoms with Crippen molar-refractivity contribution in [2.45, 2.75) is 38.3 Å². The third-order valence-electron chi connectivity index (χ3n) is 4.23. The zero-order valence-corrected chi connectivity index (χ0v) is 13.8. The minimum Gasteiger partial charge on any atom is -0.355 e. The van der Waals surface area contributed by atoms with Gasteiger partial charge in [-0.2, -0.15) is 0 Å². The average Bonchev–Trinajstić information content (AvgIpc) is 3.31. The van der Waals surface area contributed by atoms with Gasteiger partial charge in [-0.05, 0) is 37.9 Å². The molecule has 0 radical (unpaired) electrons. The van der Waals surface area contributed by atoms with Crippen LogP contribution in [0.5, 0.6) is 0 Å². The van der Waals surface area contributed by atoms with Gasteiger partial charge in [0.15, 0.2) is 0 Å². The maximum atomic E-state index is 12.2. The Morgan fingerprint density at radius 3 is 2.65 bits per heavy atom. The maximum Gasteiger partial charge on any atom is 0.312 e. The molecule has 6 heteroatoms. The fourth-order valence-corrected chi connectivity index (χ4v) is 2.72. The van der Waals surface area contributed by atoms with E-state index in [4.69, 9.17) is 5.73 Å². The van der Waals surface area contributed by atoms with Crippen LogP contribution >= 0.6 is 0 Å². The number of carbonyl (C=O) groups is 2. The summed E-state index contributed by atoms with van der Waals surface area (Å²) in [6, 6.07) is 7.32. The van der Waals surface area contributed by atoms with E-state index in [-0.39, 0.29) is 12.3 Å². The van der Waals surface area contributed by atoms with Crippen LogP contribution in [0.4, 0.5) is 4.79 Å². The predicted molar refractivity (Wildman–Crippen MR) is 89.9 cm³/mol. The lowest BCUT2D eigenvalue weighted by molar-refractivity contribution is -0.121. The number of hydrogen-bond acceptors (Lipinski definition) is 3. The lowest BCUT2D eigenvalue weighted by Crippen LogP contribution is -2.38. The van der Waals surface area contributed by atoms with Gasteiger partial charge < -0.3 is 21.3 Å². The molecule has 0 aliphatic heterocycles. The number of nitrogens with zero attached hydrogens (tertiary/aromatic N) is 1. The third kappa shape index (κ3) is 5.56. The molecule has 4 N–H and O–H groups in total. The van der Waals surface area contributed by atoms with Crippen molar-refractivity contribution in [3.8, 4) is 0 Å². The molecular weight excluding hydrogens is 292 g/mol. The van der Waals surface area contributed by atoms with Crippen molar-refractivity contribution in [3.63, 3.8) is 0 Å². The van der Waals surface area contributed by atoms with Crippen LogP contribution in [0.25, 0.3) is 0 Å². The molecule has 0 saturated heterocycles. The maximum absolute atomic E-state index is 12.2. The second kappa shape index (κ2) is 7.97. The standard InChI is InChI=1S/C17H26N4O2/c1-12-5-3-4-6-14(12)15(20-17(18)23)11-16(22)19-9-10-21(2)13-7-8-13/h3-6,13,15H,7-11H2,1-2H3,(H,19,22)(H3,18,20,23). The summed E-state index contributed by atoms with van der Waals surface area (Å²) in [5, 5.41) is 5.58. The van der Waals surface area contributed by atoms with Gasteiger partial charge in [0.1, 0.15) is 0 Å². The van der Waals surface area contributed by atoms with Crippen molar-refractivity contribution in [1.82, 2.24) is 15.5 Å². The second-order valence-electron chi connectivity index (χ2n) is 6.18. The van der Waals surface area contributed by atoms with Gasteiger partial charge in [-0.25, -0.2) is 4.79 Å². The average molecular weight is 318 g/mol. The number of primary amides is 1. The Bertz CT molecular complexity index is 557. The summed E-state index contributed by atoms with van der Waals surface area (Å²) < 4.78 is 0. The third-order valence-corrected chi connectivity index (χ3v) is 4.23. The summed E-state index contributed by atoms with van der Waals surface area (Å²) in [5.74, 6) is -0.0869. The molecular formula is C17H26N4O2. The van der Waals surface area contributed by atoms with E-state index in [1.54, 1.807) is 0 Å². The predicted octanol–water partition coefficient (Wildman–Crippen LogP) is 1.30. The van der Waals surface area contributed by atoms with Crippen LogP contribution < -0.4 is 16.4 Å². The lowest BCUT2D eigenvalue weighted by atomic mass is 9.98. The number of hydrogen-bond donors (Lipinski definition) is 3. The number of likely N-dealkylation sites (N-methyl/N-ethyl adjacent to an activating group) is 1. The number of amides is 3. The molecule has 1 atom stereocenters. The number of urea groups is 1. The minimum absolute atomic E-state index is 0.0869. The van der Waals surface area contributed by atoms with Crippen LogP contribution in [0.2, 0.25) is 0 Å². The molecule has 1 aromatic rings. The molecule has 1 aliphatic carbocycles. The van der Waals surface area contributed by atoms with E-state index in [1.165, 1.54) is 12.8 Å². The summed E-state index contributed by atoms with van der Waals surface area (Å²) in [5.41, 5.74) is 7.18. The Morgan fingerprint density at radius 1 is 1.35 bits per heavy atom. The molecule has 1 saturated carbocycles. The van der Waals surface area contributed by atoms with E-state index in [2.05, 4.69) is 22.6 Å². The van der Waals surface area contributed by atoms with E-state index in [0.29, 0.717) is 12.6 Å². The zero-order valence-electron chi connectivity index (χ0n) is 13.8. The van der Waals surface area contributed by atoms with Crippen LogP contribution in [0.1, 0.15) is 36.4 Å². The van der Waals surface area contributed by atoms with Crippen molar-refractivity contribution in [3.05, 3.63) is 35.4 Å². The smallest absolute Gasteiger partial charge is 0.312 e. The van der Waals surface area contributed by atoms with E-state index >= 15 is 0 Å². The van der Waals surface area contributed by atoms with Gasteiger partial charge in [-0.1, -0.05) is 24.3 Å². The highest BCUT2D eigenvalue weighted by atomic mass is 16.2. The minimum atomic E-state index is -0.625. The van der Waals surface area contributed by atoms with Gasteiger partial charge in [-0.15, -0.1) is 0 Å². The lowest BCUT2D eigenvalue weighted by Gasteiger charge is -2.20. The monoisotopic (exact) mass is 318 g/mol. The Hall–Kier alpha value is -2.08. The topological polar surface area (TPSA) is 87.5 Å². The first-order valence-electron chi connectivity index (χ1n) is 8.06. The number of benzene rings is 1. The van der Waals surface area contributed by atoms with Crippen LogP contribution in [-0.2, 0) is 4.79 Å². The largest absolute Gasteiger partial charge is 0.355 e. The van der Waals surface area contributed by atoms with E-state index in [9.17, 15) is 9.59 Å². The number of nitrogens with one attached hydrogen (secondary N) is 2.